The van der Waals surface area contributed by atoms with Crippen LogP contribution in [0.15, 0.2) is 29.3 Å². The van der Waals surface area contributed by atoms with Crippen molar-refractivity contribution in [2.24, 2.45) is 0 Å². The third-order valence-electron chi connectivity index (χ3n) is 3.09. The molecule has 0 bridgehead atoms. The Hall–Kier alpha value is -2.25. The van der Waals surface area contributed by atoms with Crippen LogP contribution in [0.5, 0.6) is 0 Å². The topological polar surface area (TPSA) is 96.2 Å². The summed E-state index contributed by atoms with van der Waals surface area (Å²) in [4.78, 5) is 28.0. The van der Waals surface area contributed by atoms with Crippen molar-refractivity contribution in [3.63, 3.8) is 0 Å². The molecule has 0 aliphatic carbocycles. The molecule has 3 N–H and O–H groups in total. The molecule has 1 amide bonds. The first-order valence-corrected chi connectivity index (χ1v) is 6.70. The van der Waals surface area contributed by atoms with Crippen LogP contribution in [-0.4, -0.2) is 33.3 Å². The van der Waals surface area contributed by atoms with E-state index in [0.717, 1.165) is 0 Å². The lowest BCUT2D eigenvalue weighted by Gasteiger charge is -2.10. The quantitative estimate of drug-likeness (QED) is 0.551. The van der Waals surface area contributed by atoms with E-state index in [1.807, 2.05) is 13.8 Å². The van der Waals surface area contributed by atoms with E-state index < -0.39 is 5.91 Å². The molecule has 1 aromatic heterocycles. The van der Waals surface area contributed by atoms with E-state index in [9.17, 15) is 9.59 Å². The molecule has 0 saturated carbocycles. The lowest BCUT2D eigenvalue weighted by atomic mass is 10.1. The maximum absolute atomic E-state index is 12.4. The van der Waals surface area contributed by atoms with Crippen molar-refractivity contribution in [2.75, 3.05) is 6.54 Å². The van der Waals surface area contributed by atoms with Gasteiger partial charge in [-0.05, 0) is 18.2 Å². The number of benzene rings is 1. The largest absolute Gasteiger partial charge is 0.313 e. The molecule has 0 fully saturated rings. The highest BCUT2D eigenvalue weighted by Crippen LogP contribution is 2.09. The van der Waals surface area contributed by atoms with Crippen molar-refractivity contribution in [2.45, 2.75) is 26.4 Å². The number of nitrogens with zero attached hydrogens (tertiary/aromatic N) is 2. The molecule has 0 radical (unpaired) electrons. The normalized spacial score (nSPS) is 11.0. The number of fused-ring (bicyclic) bond motifs is 1. The molecule has 1 heterocycles. The van der Waals surface area contributed by atoms with Crippen molar-refractivity contribution >= 4 is 16.8 Å². The highest BCUT2D eigenvalue weighted by molar-refractivity contribution is 5.97. The van der Waals surface area contributed by atoms with Gasteiger partial charge in [-0.15, -0.1) is 0 Å². The monoisotopic (exact) mass is 290 g/mol. The Bertz CT molecular complexity index is 709. The fraction of sp³-hybridized carbons (Fsp3) is 0.357. The summed E-state index contributed by atoms with van der Waals surface area (Å²) >= 11 is 0. The van der Waals surface area contributed by atoms with Crippen molar-refractivity contribution in [1.29, 1.82) is 0 Å². The van der Waals surface area contributed by atoms with Gasteiger partial charge in [-0.25, -0.2) is 10.5 Å². The van der Waals surface area contributed by atoms with Gasteiger partial charge in [0, 0.05) is 24.7 Å². The number of aromatic nitrogens is 2. The van der Waals surface area contributed by atoms with Crippen LogP contribution in [0.3, 0.4) is 0 Å². The summed E-state index contributed by atoms with van der Waals surface area (Å²) in [5, 5.41) is 12.2. The SMILES string of the molecule is CC(C)NCCn1cnc2ccc(C(=O)NO)cc2c1=O. The van der Waals surface area contributed by atoms with Crippen LogP contribution < -0.4 is 16.4 Å². The van der Waals surface area contributed by atoms with Crippen LogP contribution in [0.2, 0.25) is 0 Å². The molecule has 0 unspecified atom stereocenters. The first-order valence-electron chi connectivity index (χ1n) is 6.70. The molecule has 0 aliphatic heterocycles. The summed E-state index contributed by atoms with van der Waals surface area (Å²) in [6.45, 7) is 5.21. The van der Waals surface area contributed by atoms with E-state index in [1.54, 1.807) is 11.5 Å². The van der Waals surface area contributed by atoms with Crippen molar-refractivity contribution in [3.05, 3.63) is 40.4 Å². The van der Waals surface area contributed by atoms with Crippen molar-refractivity contribution in [1.82, 2.24) is 20.3 Å². The molecular formula is C14H18N4O3. The Kier molecular flexibility index (Phi) is 4.66. The number of nitrogens with one attached hydrogen (secondary N) is 2. The first-order chi connectivity index (χ1) is 10.0. The van der Waals surface area contributed by atoms with Crippen LogP contribution >= 0.6 is 0 Å². The summed E-state index contributed by atoms with van der Waals surface area (Å²) in [5.41, 5.74) is 2.06. The number of carbonyl (C=O) groups excluding carboxylic acids is 1. The minimum absolute atomic E-state index is 0.210. The highest BCUT2D eigenvalue weighted by atomic mass is 16.5. The second kappa shape index (κ2) is 6.47. The maximum Gasteiger partial charge on any atom is 0.274 e. The Morgan fingerprint density at radius 3 is 2.86 bits per heavy atom. The van der Waals surface area contributed by atoms with Gasteiger partial charge in [0.15, 0.2) is 0 Å². The van der Waals surface area contributed by atoms with Crippen LogP contribution in [0.25, 0.3) is 10.9 Å². The van der Waals surface area contributed by atoms with Gasteiger partial charge in [-0.3, -0.25) is 19.4 Å². The molecule has 0 atom stereocenters. The Balaban J connectivity index is 2.35. The molecule has 1 aromatic carbocycles. The Morgan fingerprint density at radius 1 is 1.43 bits per heavy atom. The molecular weight excluding hydrogens is 272 g/mol. The zero-order chi connectivity index (χ0) is 15.4. The number of carbonyl (C=O) groups is 1. The zero-order valence-electron chi connectivity index (χ0n) is 12.0. The summed E-state index contributed by atoms with van der Waals surface area (Å²) in [6, 6.07) is 4.86. The fourth-order valence-corrected chi connectivity index (χ4v) is 2.00. The summed E-state index contributed by atoms with van der Waals surface area (Å²) < 4.78 is 1.50. The van der Waals surface area contributed by atoms with Gasteiger partial charge >= 0.3 is 0 Å². The number of hydroxylamine groups is 1. The van der Waals surface area contributed by atoms with Gasteiger partial charge in [0.25, 0.3) is 11.5 Å². The molecule has 21 heavy (non-hydrogen) atoms. The van der Waals surface area contributed by atoms with E-state index in [2.05, 4.69) is 10.3 Å². The Labute approximate surface area is 121 Å². The summed E-state index contributed by atoms with van der Waals surface area (Å²) in [5.74, 6) is -0.659. The lowest BCUT2D eigenvalue weighted by Crippen LogP contribution is -2.31. The third-order valence-corrected chi connectivity index (χ3v) is 3.09. The van der Waals surface area contributed by atoms with Crippen LogP contribution in [0.4, 0.5) is 0 Å². The average Bonchev–Trinajstić information content (AvgIpc) is 2.48. The standard InChI is InChI=1S/C14H18N4O3/c1-9(2)15-5-6-18-8-16-12-4-3-10(13(19)17-21)7-11(12)14(18)20/h3-4,7-9,15,21H,5-6H2,1-2H3,(H,17,19). The van der Waals surface area contributed by atoms with Gasteiger partial charge in [0.05, 0.1) is 17.2 Å². The van der Waals surface area contributed by atoms with Gasteiger partial charge < -0.3 is 5.32 Å². The van der Waals surface area contributed by atoms with Gasteiger partial charge in [-0.2, -0.15) is 0 Å². The van der Waals surface area contributed by atoms with Crippen molar-refractivity contribution in [3.8, 4) is 0 Å². The summed E-state index contributed by atoms with van der Waals surface area (Å²) in [6.07, 6.45) is 1.50. The number of hydrogen-bond donors (Lipinski definition) is 3. The molecule has 7 heteroatoms. The second-order valence-corrected chi connectivity index (χ2v) is 5.02. The molecule has 112 valence electrons. The highest BCUT2D eigenvalue weighted by Gasteiger charge is 2.09. The predicted octanol–water partition coefficient (Wildman–Crippen LogP) is 0.513. The van der Waals surface area contributed by atoms with Crippen LogP contribution in [0, 0.1) is 0 Å². The lowest BCUT2D eigenvalue weighted by molar-refractivity contribution is 0.0706. The van der Waals surface area contributed by atoms with Crippen LogP contribution in [0.1, 0.15) is 24.2 Å². The van der Waals surface area contributed by atoms with E-state index in [4.69, 9.17) is 5.21 Å². The predicted molar refractivity (Wildman–Crippen MR) is 78.4 cm³/mol. The minimum Gasteiger partial charge on any atom is -0.313 e. The summed E-state index contributed by atoms with van der Waals surface area (Å²) in [7, 11) is 0. The number of hydrogen-bond acceptors (Lipinski definition) is 5. The zero-order valence-corrected chi connectivity index (χ0v) is 12.0. The molecule has 0 spiro atoms. The maximum atomic E-state index is 12.4. The molecule has 2 rings (SSSR count). The number of amides is 1. The van der Waals surface area contributed by atoms with Crippen molar-refractivity contribution < 1.29 is 10.0 Å². The smallest absolute Gasteiger partial charge is 0.274 e. The third kappa shape index (κ3) is 3.45. The minimum atomic E-state index is -0.659. The van der Waals surface area contributed by atoms with Crippen LogP contribution in [-0.2, 0) is 6.54 Å². The fourth-order valence-electron chi connectivity index (χ4n) is 2.00. The van der Waals surface area contributed by atoms with Gasteiger partial charge in [0.2, 0.25) is 0 Å². The van der Waals surface area contributed by atoms with E-state index in [-0.39, 0.29) is 11.1 Å². The first kappa shape index (κ1) is 15.1. The van der Waals surface area contributed by atoms with Gasteiger partial charge in [-0.1, -0.05) is 13.8 Å². The second-order valence-electron chi connectivity index (χ2n) is 5.02. The van der Waals surface area contributed by atoms with E-state index >= 15 is 0 Å². The molecule has 2 aromatic rings. The van der Waals surface area contributed by atoms with E-state index in [0.29, 0.717) is 30.0 Å². The van der Waals surface area contributed by atoms with E-state index in [1.165, 1.54) is 23.0 Å². The Morgan fingerprint density at radius 2 is 2.19 bits per heavy atom. The number of rotatable bonds is 5. The molecule has 0 aliphatic rings. The van der Waals surface area contributed by atoms with Gasteiger partial charge in [0.1, 0.15) is 0 Å². The molecule has 0 saturated heterocycles. The molecule has 7 nitrogen and oxygen atoms in total. The average molecular weight is 290 g/mol.